The Morgan fingerprint density at radius 3 is 2.41 bits per heavy atom. The molecule has 0 aliphatic heterocycles. The van der Waals surface area contributed by atoms with Crippen molar-refractivity contribution in [2.45, 2.75) is 26.7 Å². The lowest BCUT2D eigenvalue weighted by molar-refractivity contribution is -0.115. The highest BCUT2D eigenvalue weighted by molar-refractivity contribution is 7.18. The molecule has 0 bridgehead atoms. The highest BCUT2D eigenvalue weighted by Gasteiger charge is 2.18. The molecular formula is C22H20N4OS2. The third kappa shape index (κ3) is 4.58. The van der Waals surface area contributed by atoms with E-state index in [1.807, 2.05) is 37.3 Å². The second-order valence-electron chi connectivity index (χ2n) is 6.61. The Balaban J connectivity index is 1.64. The first-order valence-electron chi connectivity index (χ1n) is 9.36. The van der Waals surface area contributed by atoms with E-state index in [-0.39, 0.29) is 12.3 Å². The van der Waals surface area contributed by atoms with E-state index in [0.717, 1.165) is 38.1 Å². The number of nitrogens with one attached hydrogen (secondary N) is 1. The van der Waals surface area contributed by atoms with Crippen molar-refractivity contribution in [2.24, 2.45) is 0 Å². The van der Waals surface area contributed by atoms with Crippen LogP contribution < -0.4 is 5.32 Å². The smallest absolute Gasteiger partial charge is 0.232 e. The molecule has 0 atom stereocenters. The van der Waals surface area contributed by atoms with E-state index in [4.69, 9.17) is 4.98 Å². The second-order valence-corrected chi connectivity index (χ2v) is 8.67. The van der Waals surface area contributed by atoms with Crippen LogP contribution in [-0.2, 0) is 17.6 Å². The molecule has 5 nitrogen and oxygen atoms in total. The van der Waals surface area contributed by atoms with Crippen LogP contribution in [0.3, 0.4) is 0 Å². The number of nitrogens with zero attached hydrogens (tertiary/aromatic N) is 3. The fourth-order valence-corrected chi connectivity index (χ4v) is 4.66. The van der Waals surface area contributed by atoms with Gasteiger partial charge in [-0.25, -0.2) is 4.98 Å². The Morgan fingerprint density at radius 2 is 1.72 bits per heavy atom. The summed E-state index contributed by atoms with van der Waals surface area (Å²) in [6.45, 7) is 4.08. The van der Waals surface area contributed by atoms with Crippen LogP contribution in [0.5, 0.6) is 0 Å². The highest BCUT2D eigenvalue weighted by Crippen LogP contribution is 2.36. The van der Waals surface area contributed by atoms with Gasteiger partial charge in [0, 0.05) is 5.56 Å². The lowest BCUT2D eigenvalue weighted by atomic mass is 10.1. The molecular weight excluding hydrogens is 400 g/mol. The monoisotopic (exact) mass is 420 g/mol. The van der Waals surface area contributed by atoms with E-state index in [1.54, 1.807) is 11.3 Å². The number of benzene rings is 2. The van der Waals surface area contributed by atoms with E-state index in [0.29, 0.717) is 5.13 Å². The molecule has 0 spiro atoms. The average molecular weight is 421 g/mol. The summed E-state index contributed by atoms with van der Waals surface area (Å²) in [5.41, 5.74) is 4.09. The molecule has 1 N–H and O–H groups in total. The molecule has 29 heavy (non-hydrogen) atoms. The number of rotatable bonds is 6. The molecule has 2 aromatic carbocycles. The lowest BCUT2D eigenvalue weighted by Gasteiger charge is -2.03. The molecule has 0 radical (unpaired) electrons. The summed E-state index contributed by atoms with van der Waals surface area (Å²) in [6, 6.07) is 18.4. The molecule has 146 valence electrons. The molecule has 0 aliphatic carbocycles. The van der Waals surface area contributed by atoms with Gasteiger partial charge in [0.1, 0.15) is 10.0 Å². The van der Waals surface area contributed by atoms with Gasteiger partial charge >= 0.3 is 0 Å². The average Bonchev–Trinajstić information content (AvgIpc) is 3.36. The summed E-state index contributed by atoms with van der Waals surface area (Å²) >= 11 is 3.02. The standard InChI is InChI=1S/C22H20N4OS2/c1-3-19-25-26-22(28-19)24-18(27)13-17-20(15-11-9-14(2)10-12-15)29-21(23-17)16-7-5-4-6-8-16/h4-12H,3,13H2,1-2H3,(H,24,26,27). The topological polar surface area (TPSA) is 67.8 Å². The van der Waals surface area contributed by atoms with Gasteiger partial charge in [0.2, 0.25) is 11.0 Å². The van der Waals surface area contributed by atoms with Crippen LogP contribution in [0.2, 0.25) is 0 Å². The predicted molar refractivity (Wildman–Crippen MR) is 119 cm³/mol. The molecule has 0 saturated carbocycles. The summed E-state index contributed by atoms with van der Waals surface area (Å²) < 4.78 is 0. The first-order chi connectivity index (χ1) is 14.1. The first kappa shape index (κ1) is 19.4. The zero-order chi connectivity index (χ0) is 20.2. The van der Waals surface area contributed by atoms with Crippen molar-refractivity contribution in [2.75, 3.05) is 5.32 Å². The molecule has 2 heterocycles. The van der Waals surface area contributed by atoms with E-state index in [9.17, 15) is 4.79 Å². The largest absolute Gasteiger partial charge is 0.300 e. The van der Waals surface area contributed by atoms with E-state index >= 15 is 0 Å². The van der Waals surface area contributed by atoms with E-state index in [2.05, 4.69) is 46.7 Å². The SMILES string of the molecule is CCc1nnc(NC(=O)Cc2nc(-c3ccccc3)sc2-c2ccc(C)cc2)s1. The Labute approximate surface area is 177 Å². The van der Waals surface area contributed by atoms with Gasteiger partial charge in [-0.3, -0.25) is 4.79 Å². The summed E-state index contributed by atoms with van der Waals surface area (Å²) in [4.78, 5) is 18.5. The van der Waals surface area contributed by atoms with Gasteiger partial charge in [0.25, 0.3) is 0 Å². The second kappa shape index (κ2) is 8.63. The molecule has 1 amide bonds. The zero-order valence-electron chi connectivity index (χ0n) is 16.2. The van der Waals surface area contributed by atoms with Crippen molar-refractivity contribution in [3.05, 3.63) is 70.9 Å². The number of aryl methyl sites for hydroxylation is 2. The molecule has 0 fully saturated rings. The van der Waals surface area contributed by atoms with Crippen LogP contribution >= 0.6 is 22.7 Å². The molecule has 0 saturated heterocycles. The van der Waals surface area contributed by atoms with Crippen molar-refractivity contribution in [1.29, 1.82) is 0 Å². The number of thiazole rings is 1. The number of amides is 1. The minimum absolute atomic E-state index is 0.137. The summed E-state index contributed by atoms with van der Waals surface area (Å²) in [5, 5.41) is 13.3. The van der Waals surface area contributed by atoms with Crippen molar-refractivity contribution in [3.63, 3.8) is 0 Å². The molecule has 4 rings (SSSR count). The number of hydrogen-bond donors (Lipinski definition) is 1. The lowest BCUT2D eigenvalue weighted by Crippen LogP contribution is -2.15. The number of carbonyl (C=O) groups is 1. The Bertz CT molecular complexity index is 1120. The number of anilines is 1. The Hall–Kier alpha value is -2.90. The Kier molecular flexibility index (Phi) is 5.78. The van der Waals surface area contributed by atoms with Gasteiger partial charge in [-0.2, -0.15) is 0 Å². The summed E-state index contributed by atoms with van der Waals surface area (Å²) in [5.74, 6) is -0.137. The Morgan fingerprint density at radius 1 is 0.966 bits per heavy atom. The number of aromatic nitrogens is 3. The van der Waals surface area contributed by atoms with E-state index < -0.39 is 0 Å². The maximum atomic E-state index is 12.7. The maximum Gasteiger partial charge on any atom is 0.232 e. The molecule has 2 aromatic heterocycles. The van der Waals surface area contributed by atoms with Crippen molar-refractivity contribution in [3.8, 4) is 21.0 Å². The quantitative estimate of drug-likeness (QED) is 0.455. The normalized spacial score (nSPS) is 10.8. The van der Waals surface area contributed by atoms with Crippen LogP contribution in [0.4, 0.5) is 5.13 Å². The number of carbonyl (C=O) groups excluding carboxylic acids is 1. The van der Waals surface area contributed by atoms with Gasteiger partial charge in [0.05, 0.1) is 17.0 Å². The summed E-state index contributed by atoms with van der Waals surface area (Å²) in [7, 11) is 0. The summed E-state index contributed by atoms with van der Waals surface area (Å²) in [6.07, 6.45) is 0.991. The molecule has 0 unspecified atom stereocenters. The zero-order valence-corrected chi connectivity index (χ0v) is 17.8. The van der Waals surface area contributed by atoms with Gasteiger partial charge < -0.3 is 5.32 Å². The van der Waals surface area contributed by atoms with Crippen LogP contribution in [0, 0.1) is 6.92 Å². The minimum Gasteiger partial charge on any atom is -0.300 e. The van der Waals surface area contributed by atoms with Gasteiger partial charge in [-0.1, -0.05) is 78.4 Å². The van der Waals surface area contributed by atoms with Gasteiger partial charge in [-0.15, -0.1) is 21.5 Å². The predicted octanol–water partition coefficient (Wildman–Crippen LogP) is 5.38. The van der Waals surface area contributed by atoms with Gasteiger partial charge in [0.15, 0.2) is 0 Å². The van der Waals surface area contributed by atoms with Crippen molar-refractivity contribution >= 4 is 33.7 Å². The maximum absolute atomic E-state index is 12.7. The molecule has 0 aliphatic rings. The third-order valence-corrected chi connectivity index (χ3v) is 6.55. The fourth-order valence-electron chi connectivity index (χ4n) is 2.87. The van der Waals surface area contributed by atoms with Crippen LogP contribution in [0.15, 0.2) is 54.6 Å². The van der Waals surface area contributed by atoms with E-state index in [1.165, 1.54) is 16.9 Å². The van der Waals surface area contributed by atoms with Crippen molar-refractivity contribution in [1.82, 2.24) is 15.2 Å². The number of hydrogen-bond acceptors (Lipinski definition) is 6. The fraction of sp³-hybridized carbons (Fsp3) is 0.182. The third-order valence-electron chi connectivity index (χ3n) is 4.38. The van der Waals surface area contributed by atoms with Gasteiger partial charge in [-0.05, 0) is 18.9 Å². The highest BCUT2D eigenvalue weighted by atomic mass is 32.1. The molecule has 7 heteroatoms. The van der Waals surface area contributed by atoms with Crippen LogP contribution in [0.25, 0.3) is 21.0 Å². The van der Waals surface area contributed by atoms with Crippen molar-refractivity contribution < 1.29 is 4.79 Å². The molecule has 4 aromatic rings. The van der Waals surface area contributed by atoms with Crippen LogP contribution in [-0.4, -0.2) is 21.1 Å². The first-order valence-corrected chi connectivity index (χ1v) is 11.0. The van der Waals surface area contributed by atoms with Crippen LogP contribution in [0.1, 0.15) is 23.2 Å². The minimum atomic E-state index is -0.137.